The van der Waals surface area contributed by atoms with Crippen molar-refractivity contribution in [2.45, 2.75) is 169 Å². The van der Waals surface area contributed by atoms with Gasteiger partial charge in [0.2, 0.25) is 0 Å². The van der Waals surface area contributed by atoms with Crippen molar-refractivity contribution in [3.05, 3.63) is 154 Å². The summed E-state index contributed by atoms with van der Waals surface area (Å²) in [5.41, 5.74) is 10.1. The van der Waals surface area contributed by atoms with E-state index >= 15 is 0 Å². The molecule has 0 spiro atoms. The van der Waals surface area contributed by atoms with Crippen LogP contribution in [0, 0.1) is 18.8 Å². The molecule has 0 amide bonds. The monoisotopic (exact) mass is 927 g/mol. The topological polar surface area (TPSA) is 88.4 Å². The third-order valence-electron chi connectivity index (χ3n) is 10.5. The smallest absolute Gasteiger partial charge is 0.160 e. The van der Waals surface area contributed by atoms with Gasteiger partial charge >= 0.3 is 0 Å². The fourth-order valence-corrected chi connectivity index (χ4v) is 6.50. The predicted octanol–water partition coefficient (Wildman–Crippen LogP) is 16.9. The minimum Gasteiger partial charge on any atom is -0.508 e. The average molecular weight is 927 g/mol. The zero-order valence-corrected chi connectivity index (χ0v) is 45.7. The average Bonchev–Trinajstić information content (AvgIpc) is 3.34. The molecule has 0 fully saturated rings. The molecule has 6 nitrogen and oxygen atoms in total. The molecule has 0 aliphatic rings. The largest absolute Gasteiger partial charge is 0.508 e. The van der Waals surface area contributed by atoms with Crippen molar-refractivity contribution in [3.8, 4) is 23.0 Å². The molecule has 4 aromatic carbocycles. The number of hydrogen-bond acceptors (Lipinski definition) is 6. The van der Waals surface area contributed by atoms with Crippen molar-refractivity contribution >= 4 is 0 Å². The van der Waals surface area contributed by atoms with Crippen LogP contribution >= 0.6 is 0 Å². The van der Waals surface area contributed by atoms with Gasteiger partial charge in [0.05, 0.1) is 26.1 Å². The van der Waals surface area contributed by atoms with E-state index in [-0.39, 0.29) is 12.4 Å². The number of methoxy groups -OCH3 is 1. The van der Waals surface area contributed by atoms with Crippen LogP contribution in [-0.4, -0.2) is 42.3 Å². The Morgan fingerprint density at radius 2 is 1.21 bits per heavy atom. The van der Waals surface area contributed by atoms with Gasteiger partial charge in [-0.2, -0.15) is 0 Å². The summed E-state index contributed by atoms with van der Waals surface area (Å²) in [5.74, 6) is 4.25. The molecular weight excluding hydrogens is 829 g/mol. The number of phenols is 2. The minimum absolute atomic E-state index is 0.0624. The van der Waals surface area contributed by atoms with Gasteiger partial charge in [-0.05, 0) is 154 Å². The van der Waals surface area contributed by atoms with E-state index in [1.165, 1.54) is 65.5 Å². The third kappa shape index (κ3) is 30.9. The first kappa shape index (κ1) is 66.3. The summed E-state index contributed by atoms with van der Waals surface area (Å²) in [6.45, 7) is 38.0. The molecule has 4 aromatic rings. The van der Waals surface area contributed by atoms with Gasteiger partial charge in [-0.1, -0.05) is 175 Å². The van der Waals surface area contributed by atoms with Gasteiger partial charge in [0.1, 0.15) is 18.1 Å². The Balaban J connectivity index is -0.000000816. The lowest BCUT2D eigenvalue weighted by Gasteiger charge is -2.12. The number of aliphatic hydroxyl groups is 1. The molecule has 3 N–H and O–H groups in total. The summed E-state index contributed by atoms with van der Waals surface area (Å²) in [5, 5.41) is 27.4. The first-order chi connectivity index (χ1) is 32.2. The number of aromatic hydroxyl groups is 2. The van der Waals surface area contributed by atoms with Crippen molar-refractivity contribution in [3.63, 3.8) is 0 Å². The fraction of sp³-hybridized carbons (Fsp3) is 0.508. The van der Waals surface area contributed by atoms with E-state index < -0.39 is 0 Å². The van der Waals surface area contributed by atoms with Crippen molar-refractivity contribution in [2.24, 2.45) is 11.8 Å². The van der Waals surface area contributed by atoms with Gasteiger partial charge in [0.25, 0.3) is 0 Å². The van der Waals surface area contributed by atoms with Crippen molar-refractivity contribution in [1.29, 1.82) is 0 Å². The summed E-state index contributed by atoms with van der Waals surface area (Å²) in [6.07, 6.45) is 18.6. The molecule has 0 heterocycles. The van der Waals surface area contributed by atoms with Crippen LogP contribution in [0.4, 0.5) is 0 Å². The van der Waals surface area contributed by atoms with Crippen molar-refractivity contribution in [1.82, 2.24) is 0 Å². The maximum Gasteiger partial charge on any atom is 0.160 e. The molecule has 0 saturated heterocycles. The first-order valence-corrected chi connectivity index (χ1v) is 25.3. The van der Waals surface area contributed by atoms with Crippen LogP contribution in [0.3, 0.4) is 0 Å². The Morgan fingerprint density at radius 3 is 1.64 bits per heavy atom. The molecule has 0 aliphatic carbocycles. The molecule has 378 valence electrons. The lowest BCUT2D eigenvalue weighted by atomic mass is 9.93. The molecule has 2 unspecified atom stereocenters. The van der Waals surface area contributed by atoms with Crippen LogP contribution in [0.15, 0.2) is 109 Å². The Kier molecular flexibility index (Phi) is 43.2. The van der Waals surface area contributed by atoms with E-state index in [1.54, 1.807) is 26.2 Å². The van der Waals surface area contributed by atoms with Gasteiger partial charge < -0.3 is 29.5 Å². The maximum atomic E-state index is 9.64. The van der Waals surface area contributed by atoms with Crippen LogP contribution in [0.5, 0.6) is 23.0 Å². The Morgan fingerprint density at radius 1 is 0.672 bits per heavy atom. The maximum absolute atomic E-state index is 9.64. The van der Waals surface area contributed by atoms with E-state index in [9.17, 15) is 10.2 Å². The second-order valence-corrected chi connectivity index (χ2v) is 15.8. The Labute approximate surface area is 412 Å². The summed E-state index contributed by atoms with van der Waals surface area (Å²) in [6, 6.07) is 24.5. The third-order valence-corrected chi connectivity index (χ3v) is 10.5. The van der Waals surface area contributed by atoms with E-state index in [1.807, 2.05) is 65.8 Å². The van der Waals surface area contributed by atoms with Gasteiger partial charge in [-0.15, -0.1) is 0 Å². The van der Waals surface area contributed by atoms with Gasteiger partial charge in [0, 0.05) is 0 Å². The van der Waals surface area contributed by atoms with Crippen LogP contribution in [0.25, 0.3) is 0 Å². The van der Waals surface area contributed by atoms with E-state index in [2.05, 4.69) is 130 Å². The number of phenolic OH excluding ortho intramolecular Hbond substituents is 2. The highest BCUT2D eigenvalue weighted by Crippen LogP contribution is 2.29. The molecule has 0 aromatic heterocycles. The highest BCUT2D eigenvalue weighted by molar-refractivity contribution is 5.45. The quantitative estimate of drug-likeness (QED) is 0.0641. The molecule has 0 saturated carbocycles. The highest BCUT2D eigenvalue weighted by Gasteiger charge is 2.08. The lowest BCUT2D eigenvalue weighted by Crippen LogP contribution is -2.02. The van der Waals surface area contributed by atoms with Crippen LogP contribution in [-0.2, 0) is 36.8 Å². The number of aryl methyl sites for hydroxylation is 4. The van der Waals surface area contributed by atoms with Crippen LogP contribution < -0.4 is 9.47 Å². The second-order valence-electron chi connectivity index (χ2n) is 15.8. The summed E-state index contributed by atoms with van der Waals surface area (Å²) < 4.78 is 15.5. The van der Waals surface area contributed by atoms with E-state index in [0.717, 1.165) is 54.4 Å². The van der Waals surface area contributed by atoms with Crippen LogP contribution in [0.1, 0.15) is 174 Å². The number of allylic oxidation sites excluding steroid dienone is 5. The van der Waals surface area contributed by atoms with Crippen molar-refractivity contribution in [2.75, 3.05) is 26.9 Å². The zero-order chi connectivity index (χ0) is 51.6. The number of hydrogen-bond donors (Lipinski definition) is 3. The number of ether oxygens (including phenoxy) is 3. The number of benzene rings is 4. The standard InChI is InChI=1S/C19H24O.C18H22O3.C9H18.C6H12.C5H10O2.2C2H6/c1-4-6-18-9-7-16(13-17(18)5-2)12-15-8-10-19(20)14(3)11-15;1-4-15-11-13(7-9-17(15)21-5-2)10-14-6-8-16(19)18(12-14)20-3;1-5-7-9(4)8(3)6-2;1-3-5-6-4-2;1-5(2)7-4-3-6;2*1-2/h7-11,13,20H,4-6,12H2,1-3H3;6-9,11-12,19H,4-5,10H2,1-3H3;5,7-9H,6H2,1-4H3;3,5H,4,6H2,1-2H3;6H,1,3-4H2,2H3;2*1-2H3. The van der Waals surface area contributed by atoms with E-state index in [4.69, 9.17) is 19.3 Å². The van der Waals surface area contributed by atoms with Crippen LogP contribution in [0.2, 0.25) is 0 Å². The molecule has 4 rings (SSSR count). The minimum atomic E-state index is 0.0624. The molecule has 0 bridgehead atoms. The summed E-state index contributed by atoms with van der Waals surface area (Å²) in [4.78, 5) is 0. The zero-order valence-electron chi connectivity index (χ0n) is 45.7. The molecular formula is C61H98O6. The number of aliphatic hydroxyl groups excluding tert-OH is 1. The fourth-order valence-electron chi connectivity index (χ4n) is 6.50. The number of rotatable bonds is 19. The molecule has 0 radical (unpaired) electrons. The Hall–Kier alpha value is -4.94. The van der Waals surface area contributed by atoms with Crippen molar-refractivity contribution < 1.29 is 29.5 Å². The number of unbranched alkanes of at least 4 members (excludes halogenated alkanes) is 1. The molecule has 0 aliphatic heterocycles. The molecule has 2 atom stereocenters. The molecule has 6 heteroatoms. The second kappa shape index (κ2) is 43.6. The van der Waals surface area contributed by atoms with Gasteiger partial charge in [-0.25, -0.2) is 0 Å². The molecule has 67 heavy (non-hydrogen) atoms. The summed E-state index contributed by atoms with van der Waals surface area (Å²) >= 11 is 0. The summed E-state index contributed by atoms with van der Waals surface area (Å²) in [7, 11) is 1.56. The van der Waals surface area contributed by atoms with E-state index in [0.29, 0.717) is 30.5 Å². The Bertz CT molecular complexity index is 1870. The predicted molar refractivity (Wildman–Crippen MR) is 294 cm³/mol. The first-order valence-electron chi connectivity index (χ1n) is 25.3. The van der Waals surface area contributed by atoms with Gasteiger partial charge in [-0.3, -0.25) is 0 Å². The SMILES string of the molecule is C=C(C)OCCO.CC.CC.CC=CC(C)C(C)CC.CC=CCCC.CCCc1ccc(Cc2ccc(O)c(C)c2)cc1CC.CCOc1ccc(Cc2ccc(O)c(OC)c2)cc1CC. The highest BCUT2D eigenvalue weighted by atomic mass is 16.5. The van der Waals surface area contributed by atoms with Gasteiger partial charge in [0.15, 0.2) is 11.5 Å². The lowest BCUT2D eigenvalue weighted by molar-refractivity contribution is 0.147. The normalized spacial score (nSPS) is 10.9.